The average molecular weight is 301 g/mol. The van der Waals surface area contributed by atoms with Gasteiger partial charge in [-0.15, -0.1) is 0 Å². The minimum absolute atomic E-state index is 0.0107. The molecule has 1 saturated heterocycles. The van der Waals surface area contributed by atoms with Crippen LogP contribution in [0.5, 0.6) is 0 Å². The number of halogens is 2. The Balaban J connectivity index is 1.88. The molecule has 1 aromatic carbocycles. The van der Waals surface area contributed by atoms with Crippen molar-refractivity contribution in [3.63, 3.8) is 0 Å². The van der Waals surface area contributed by atoms with Gasteiger partial charge >= 0.3 is 12.7 Å². The van der Waals surface area contributed by atoms with E-state index in [9.17, 15) is 18.7 Å². The molecule has 1 aliphatic rings. The third kappa shape index (κ3) is 4.37. The van der Waals surface area contributed by atoms with Gasteiger partial charge in [0.25, 0.3) is 0 Å². The van der Waals surface area contributed by atoms with Crippen LogP contribution in [0, 0.1) is 0 Å². The van der Waals surface area contributed by atoms with Crippen molar-refractivity contribution >= 4 is 6.09 Å². The molecule has 0 aromatic heterocycles. The van der Waals surface area contributed by atoms with Crippen LogP contribution < -0.4 is 0 Å². The summed E-state index contributed by atoms with van der Waals surface area (Å²) >= 11 is 0. The zero-order chi connectivity index (χ0) is 15.2. The van der Waals surface area contributed by atoms with E-state index in [4.69, 9.17) is 4.74 Å². The molecule has 116 valence electrons. The highest BCUT2D eigenvalue weighted by Gasteiger charge is 2.37. The molecule has 0 bridgehead atoms. The minimum atomic E-state index is -2.89. The average Bonchev–Trinajstić information content (AvgIpc) is 2.88. The van der Waals surface area contributed by atoms with E-state index in [0.717, 1.165) is 5.56 Å². The maximum Gasteiger partial charge on any atom is 0.410 e. The van der Waals surface area contributed by atoms with Gasteiger partial charge in [-0.05, 0) is 12.0 Å². The van der Waals surface area contributed by atoms with Crippen LogP contribution in [-0.4, -0.2) is 48.0 Å². The van der Waals surface area contributed by atoms with Gasteiger partial charge in [-0.2, -0.15) is 8.78 Å². The molecule has 1 aliphatic heterocycles. The highest BCUT2D eigenvalue weighted by Crippen LogP contribution is 2.23. The van der Waals surface area contributed by atoms with Crippen molar-refractivity contribution in [1.82, 2.24) is 4.90 Å². The van der Waals surface area contributed by atoms with Crippen LogP contribution in [0.1, 0.15) is 12.0 Å². The lowest BCUT2D eigenvalue weighted by atomic mass is 10.2. The minimum Gasteiger partial charge on any atom is -0.445 e. The number of ether oxygens (including phenoxy) is 2. The van der Waals surface area contributed by atoms with E-state index in [-0.39, 0.29) is 26.2 Å². The first-order valence-electron chi connectivity index (χ1n) is 6.62. The van der Waals surface area contributed by atoms with Crippen molar-refractivity contribution in [2.45, 2.75) is 31.8 Å². The second-order valence-corrected chi connectivity index (χ2v) is 4.78. The molecule has 0 saturated carbocycles. The van der Waals surface area contributed by atoms with Crippen molar-refractivity contribution < 1.29 is 28.2 Å². The summed E-state index contributed by atoms with van der Waals surface area (Å²) in [5, 5.41) is 9.23. The molecule has 21 heavy (non-hydrogen) atoms. The van der Waals surface area contributed by atoms with Crippen LogP contribution in [0.15, 0.2) is 30.3 Å². The summed E-state index contributed by atoms with van der Waals surface area (Å²) in [5.41, 5.74) is 0.825. The Kier molecular flexibility index (Phi) is 5.46. The number of aliphatic hydroxyl groups excluding tert-OH is 1. The van der Waals surface area contributed by atoms with Crippen LogP contribution in [-0.2, 0) is 16.1 Å². The van der Waals surface area contributed by atoms with Crippen LogP contribution in [0.25, 0.3) is 0 Å². The number of rotatable bonds is 5. The highest BCUT2D eigenvalue weighted by molar-refractivity contribution is 5.68. The molecule has 1 heterocycles. The molecular formula is C14H17F2NO4. The Morgan fingerprint density at radius 1 is 1.38 bits per heavy atom. The molecule has 7 heteroatoms. The van der Waals surface area contributed by atoms with E-state index >= 15 is 0 Å². The topological polar surface area (TPSA) is 59.0 Å². The van der Waals surface area contributed by atoms with Gasteiger partial charge in [0.2, 0.25) is 0 Å². The van der Waals surface area contributed by atoms with Crippen LogP contribution in [0.4, 0.5) is 13.6 Å². The lowest BCUT2D eigenvalue weighted by molar-refractivity contribution is -0.158. The Morgan fingerprint density at radius 3 is 2.71 bits per heavy atom. The first-order valence-corrected chi connectivity index (χ1v) is 6.62. The second-order valence-electron chi connectivity index (χ2n) is 4.78. The number of hydrogen-bond acceptors (Lipinski definition) is 4. The fourth-order valence-electron chi connectivity index (χ4n) is 2.32. The van der Waals surface area contributed by atoms with Crippen molar-refractivity contribution in [3.05, 3.63) is 35.9 Å². The summed E-state index contributed by atoms with van der Waals surface area (Å²) in [6.45, 7) is -3.13. The number of carbonyl (C=O) groups excluding carboxylic acids is 1. The summed E-state index contributed by atoms with van der Waals surface area (Å²) < 4.78 is 33.9. The molecule has 0 radical (unpaired) electrons. The van der Waals surface area contributed by atoms with Crippen molar-refractivity contribution in [2.75, 3.05) is 13.2 Å². The van der Waals surface area contributed by atoms with Gasteiger partial charge in [0.05, 0.1) is 25.3 Å². The summed E-state index contributed by atoms with van der Waals surface area (Å²) in [4.78, 5) is 13.2. The zero-order valence-electron chi connectivity index (χ0n) is 11.3. The van der Waals surface area contributed by atoms with Crippen molar-refractivity contribution in [1.29, 1.82) is 0 Å². The molecule has 1 N–H and O–H groups in total. The summed E-state index contributed by atoms with van der Waals surface area (Å²) in [5.74, 6) is 0. The Bertz CT molecular complexity index is 458. The third-order valence-electron chi connectivity index (χ3n) is 3.32. The summed E-state index contributed by atoms with van der Waals surface area (Å²) in [6.07, 6.45) is -1.26. The van der Waals surface area contributed by atoms with Crippen LogP contribution in [0.2, 0.25) is 0 Å². The predicted molar refractivity (Wildman–Crippen MR) is 69.7 cm³/mol. The van der Waals surface area contributed by atoms with E-state index in [1.165, 1.54) is 4.90 Å². The summed E-state index contributed by atoms with van der Waals surface area (Å²) in [6, 6.07) is 8.55. The van der Waals surface area contributed by atoms with E-state index in [2.05, 4.69) is 4.74 Å². The van der Waals surface area contributed by atoms with Gasteiger partial charge in [0.1, 0.15) is 6.61 Å². The standard InChI is InChI=1S/C14H17F2NO4/c15-13(16)21-12-6-11(8-18)17(7-12)14(19)20-9-10-4-2-1-3-5-10/h1-5,11-13,18H,6-9H2/t11-,12-/m1/s1. The lowest BCUT2D eigenvalue weighted by Crippen LogP contribution is -2.38. The van der Waals surface area contributed by atoms with Gasteiger partial charge in [-0.25, -0.2) is 4.79 Å². The molecule has 1 amide bonds. The van der Waals surface area contributed by atoms with E-state index in [1.807, 2.05) is 30.3 Å². The molecule has 1 aromatic rings. The smallest absolute Gasteiger partial charge is 0.410 e. The maximum atomic E-state index is 12.2. The molecule has 0 aliphatic carbocycles. The number of nitrogens with zero attached hydrogens (tertiary/aromatic N) is 1. The second kappa shape index (κ2) is 7.33. The highest BCUT2D eigenvalue weighted by atomic mass is 19.3. The van der Waals surface area contributed by atoms with Gasteiger partial charge in [0, 0.05) is 0 Å². The monoisotopic (exact) mass is 301 g/mol. The number of benzene rings is 1. The van der Waals surface area contributed by atoms with E-state index < -0.39 is 24.9 Å². The molecule has 5 nitrogen and oxygen atoms in total. The van der Waals surface area contributed by atoms with E-state index in [0.29, 0.717) is 0 Å². The van der Waals surface area contributed by atoms with E-state index in [1.54, 1.807) is 0 Å². The maximum absolute atomic E-state index is 12.2. The van der Waals surface area contributed by atoms with Crippen LogP contribution >= 0.6 is 0 Å². The Labute approximate surface area is 121 Å². The number of likely N-dealkylation sites (tertiary alicyclic amines) is 1. The Hall–Kier alpha value is -1.73. The summed E-state index contributed by atoms with van der Waals surface area (Å²) in [7, 11) is 0. The number of alkyl halides is 2. The SMILES string of the molecule is O=C(OCc1ccccc1)N1C[C@H](OC(F)F)C[C@@H]1CO. The normalized spacial score (nSPS) is 21.8. The van der Waals surface area contributed by atoms with Crippen molar-refractivity contribution in [2.24, 2.45) is 0 Å². The van der Waals surface area contributed by atoms with Crippen LogP contribution in [0.3, 0.4) is 0 Å². The fourth-order valence-corrected chi connectivity index (χ4v) is 2.32. The molecule has 1 fully saturated rings. The van der Waals surface area contributed by atoms with Gasteiger partial charge in [0.15, 0.2) is 0 Å². The Morgan fingerprint density at radius 2 is 2.10 bits per heavy atom. The number of aliphatic hydroxyl groups is 1. The largest absolute Gasteiger partial charge is 0.445 e. The molecule has 0 spiro atoms. The quantitative estimate of drug-likeness (QED) is 0.903. The molecule has 2 rings (SSSR count). The first kappa shape index (κ1) is 15.7. The van der Waals surface area contributed by atoms with Gasteiger partial charge < -0.3 is 19.5 Å². The zero-order valence-corrected chi connectivity index (χ0v) is 11.3. The molecule has 0 unspecified atom stereocenters. The predicted octanol–water partition coefficient (Wildman–Crippen LogP) is 2.00. The molecule has 2 atom stereocenters. The molecular weight excluding hydrogens is 284 g/mol. The third-order valence-corrected chi connectivity index (χ3v) is 3.32. The number of carbonyl (C=O) groups is 1. The number of hydrogen-bond donors (Lipinski definition) is 1. The van der Waals surface area contributed by atoms with Crippen molar-refractivity contribution in [3.8, 4) is 0 Å². The lowest BCUT2D eigenvalue weighted by Gasteiger charge is -2.22. The number of amides is 1. The fraction of sp³-hybridized carbons (Fsp3) is 0.500. The van der Waals surface area contributed by atoms with Gasteiger partial charge in [-0.3, -0.25) is 0 Å². The van der Waals surface area contributed by atoms with Gasteiger partial charge in [-0.1, -0.05) is 30.3 Å². The first-order chi connectivity index (χ1) is 10.1.